The van der Waals surface area contributed by atoms with E-state index in [1.54, 1.807) is 0 Å². The van der Waals surface area contributed by atoms with Gasteiger partial charge in [-0.3, -0.25) is 0 Å². The molecule has 12 heavy (non-hydrogen) atoms. The van der Waals surface area contributed by atoms with E-state index in [0.29, 0.717) is 0 Å². The summed E-state index contributed by atoms with van der Waals surface area (Å²) < 4.78 is 0. The van der Waals surface area contributed by atoms with Gasteiger partial charge < -0.3 is 5.32 Å². The lowest BCUT2D eigenvalue weighted by atomic mass is 9.85. The highest BCUT2D eigenvalue weighted by Gasteiger charge is 2.29. The van der Waals surface area contributed by atoms with Crippen molar-refractivity contribution in [1.82, 2.24) is 5.32 Å². The maximum atomic E-state index is 3.60. The first-order valence-electron chi connectivity index (χ1n) is 5.50. The quantitative estimate of drug-likeness (QED) is 0.666. The molecule has 1 heteroatoms. The van der Waals surface area contributed by atoms with Crippen LogP contribution in [0.15, 0.2) is 0 Å². The summed E-state index contributed by atoms with van der Waals surface area (Å²) in [6.07, 6.45) is 7.40. The van der Waals surface area contributed by atoms with Crippen molar-refractivity contribution >= 4 is 0 Å². The summed E-state index contributed by atoms with van der Waals surface area (Å²) >= 11 is 0. The third kappa shape index (κ3) is 2.22. The largest absolute Gasteiger partial charge is 0.312 e. The van der Waals surface area contributed by atoms with E-state index in [1.165, 1.54) is 32.1 Å². The normalized spacial score (nSPS) is 43.0. The lowest BCUT2D eigenvalue weighted by Gasteiger charge is -2.33. The van der Waals surface area contributed by atoms with Gasteiger partial charge in [-0.25, -0.2) is 0 Å². The van der Waals surface area contributed by atoms with Gasteiger partial charge in [0, 0.05) is 12.1 Å². The first-order valence-corrected chi connectivity index (χ1v) is 5.50. The molecule has 2 unspecified atom stereocenters. The number of hydrogen-bond donors (Lipinski definition) is 1. The summed E-state index contributed by atoms with van der Waals surface area (Å²) in [5.74, 6) is 2.15. The second-order valence-corrected chi connectivity index (χ2v) is 4.99. The maximum Gasteiger partial charge on any atom is 0.00438 e. The zero-order valence-electron chi connectivity index (χ0n) is 8.34. The van der Waals surface area contributed by atoms with Gasteiger partial charge in [-0.15, -0.1) is 0 Å². The summed E-state index contributed by atoms with van der Waals surface area (Å²) in [6, 6.07) is 1.52. The van der Waals surface area contributed by atoms with Gasteiger partial charge in [0.05, 0.1) is 0 Å². The minimum atomic E-state index is 0.762. The van der Waals surface area contributed by atoms with Crippen molar-refractivity contribution in [2.45, 2.75) is 58.0 Å². The van der Waals surface area contributed by atoms with E-state index in [0.717, 1.165) is 23.9 Å². The summed E-state index contributed by atoms with van der Waals surface area (Å²) in [5, 5.41) is 3.60. The third-order valence-electron chi connectivity index (χ3n) is 3.31. The Morgan fingerprint density at radius 1 is 1.00 bits per heavy atom. The van der Waals surface area contributed by atoms with Crippen LogP contribution in [0.2, 0.25) is 0 Å². The molecule has 2 atom stereocenters. The van der Waals surface area contributed by atoms with Gasteiger partial charge in [0.15, 0.2) is 0 Å². The predicted molar refractivity (Wildman–Crippen MR) is 52.1 cm³/mol. The van der Waals surface area contributed by atoms with Gasteiger partial charge in [-0.1, -0.05) is 12.8 Å². The van der Waals surface area contributed by atoms with Crippen LogP contribution in [0.25, 0.3) is 0 Å². The fourth-order valence-electron chi connectivity index (χ4n) is 2.74. The molecule has 1 saturated carbocycles. The van der Waals surface area contributed by atoms with Gasteiger partial charge in [0.1, 0.15) is 0 Å². The third-order valence-corrected chi connectivity index (χ3v) is 3.31. The van der Waals surface area contributed by atoms with E-state index < -0.39 is 0 Å². The lowest BCUT2D eigenvalue weighted by molar-refractivity contribution is 0.244. The highest BCUT2D eigenvalue weighted by molar-refractivity contribution is 4.85. The van der Waals surface area contributed by atoms with Crippen molar-refractivity contribution in [3.8, 4) is 0 Å². The van der Waals surface area contributed by atoms with Crippen LogP contribution in [-0.4, -0.2) is 12.1 Å². The van der Waals surface area contributed by atoms with E-state index in [1.807, 2.05) is 0 Å². The Kier molecular flexibility index (Phi) is 2.40. The molecule has 1 aliphatic heterocycles. The molecule has 2 aliphatic rings. The van der Waals surface area contributed by atoms with Gasteiger partial charge in [0.25, 0.3) is 0 Å². The average molecular weight is 167 g/mol. The summed E-state index contributed by atoms with van der Waals surface area (Å²) in [5.41, 5.74) is 0. The van der Waals surface area contributed by atoms with E-state index >= 15 is 0 Å². The summed E-state index contributed by atoms with van der Waals surface area (Å²) in [4.78, 5) is 0. The van der Waals surface area contributed by atoms with Crippen molar-refractivity contribution in [2.75, 3.05) is 0 Å². The molecular weight excluding hydrogens is 146 g/mol. The van der Waals surface area contributed by atoms with Gasteiger partial charge in [-0.05, 0) is 44.9 Å². The molecule has 1 aliphatic carbocycles. The molecule has 1 N–H and O–H groups in total. The Hall–Kier alpha value is -0.0400. The predicted octanol–water partition coefficient (Wildman–Crippen LogP) is 2.56. The van der Waals surface area contributed by atoms with Crippen LogP contribution in [0, 0.1) is 11.8 Å². The van der Waals surface area contributed by atoms with Crippen LogP contribution < -0.4 is 5.32 Å². The monoisotopic (exact) mass is 167 g/mol. The molecular formula is C11H21N. The van der Waals surface area contributed by atoms with Crippen LogP contribution >= 0.6 is 0 Å². The highest BCUT2D eigenvalue weighted by atomic mass is 14.9. The average Bonchev–Trinajstić information content (AvgIpc) is 2.68. The van der Waals surface area contributed by atoms with E-state index in [-0.39, 0.29) is 0 Å². The molecule has 0 radical (unpaired) electrons. The highest BCUT2D eigenvalue weighted by Crippen LogP contribution is 2.38. The number of piperidine rings is 1. The molecule has 0 spiro atoms. The maximum absolute atomic E-state index is 3.60. The SMILES string of the molecule is CC1CC(CC2CC2)CC(C)N1. The fraction of sp³-hybridized carbons (Fsp3) is 1.00. The van der Waals surface area contributed by atoms with Gasteiger partial charge >= 0.3 is 0 Å². The topological polar surface area (TPSA) is 12.0 Å². The van der Waals surface area contributed by atoms with E-state index in [9.17, 15) is 0 Å². The van der Waals surface area contributed by atoms with Gasteiger partial charge in [-0.2, -0.15) is 0 Å². The van der Waals surface area contributed by atoms with Gasteiger partial charge in [0.2, 0.25) is 0 Å². The van der Waals surface area contributed by atoms with Crippen molar-refractivity contribution in [3.05, 3.63) is 0 Å². The van der Waals surface area contributed by atoms with Crippen LogP contribution in [0.1, 0.15) is 46.0 Å². The standard InChI is InChI=1S/C11H21N/c1-8-5-11(6-9(2)12-8)7-10-3-4-10/h8-12H,3-7H2,1-2H3. The molecule has 0 aromatic carbocycles. The fourth-order valence-corrected chi connectivity index (χ4v) is 2.74. The molecule has 2 fully saturated rings. The van der Waals surface area contributed by atoms with Crippen LogP contribution in [-0.2, 0) is 0 Å². The van der Waals surface area contributed by atoms with Crippen molar-refractivity contribution in [1.29, 1.82) is 0 Å². The number of hydrogen-bond acceptors (Lipinski definition) is 1. The minimum absolute atomic E-state index is 0.762. The summed E-state index contributed by atoms with van der Waals surface area (Å²) in [7, 11) is 0. The van der Waals surface area contributed by atoms with Crippen LogP contribution in [0.5, 0.6) is 0 Å². The van der Waals surface area contributed by atoms with E-state index in [4.69, 9.17) is 0 Å². The van der Waals surface area contributed by atoms with Crippen molar-refractivity contribution in [3.63, 3.8) is 0 Å². The van der Waals surface area contributed by atoms with Crippen LogP contribution in [0.4, 0.5) is 0 Å². The second-order valence-electron chi connectivity index (χ2n) is 4.99. The molecule has 0 aromatic heterocycles. The molecule has 1 heterocycles. The first-order chi connectivity index (χ1) is 5.74. The zero-order valence-corrected chi connectivity index (χ0v) is 8.34. The van der Waals surface area contributed by atoms with E-state index in [2.05, 4.69) is 19.2 Å². The Bertz CT molecular complexity index is 138. The first kappa shape index (κ1) is 8.55. The second kappa shape index (κ2) is 3.37. The molecule has 2 rings (SSSR count). The molecule has 1 nitrogen and oxygen atoms in total. The van der Waals surface area contributed by atoms with Crippen LogP contribution in [0.3, 0.4) is 0 Å². The zero-order chi connectivity index (χ0) is 8.55. The molecule has 1 saturated heterocycles. The lowest BCUT2D eigenvalue weighted by Crippen LogP contribution is -2.42. The smallest absolute Gasteiger partial charge is 0.00438 e. The molecule has 70 valence electrons. The number of rotatable bonds is 2. The Balaban J connectivity index is 1.79. The molecule has 0 amide bonds. The molecule has 0 aromatic rings. The van der Waals surface area contributed by atoms with Crippen molar-refractivity contribution < 1.29 is 0 Å². The molecule has 0 bridgehead atoms. The summed E-state index contributed by atoms with van der Waals surface area (Å²) in [6.45, 7) is 4.66. The number of nitrogens with one attached hydrogen (secondary N) is 1. The Morgan fingerprint density at radius 3 is 2.08 bits per heavy atom. The minimum Gasteiger partial charge on any atom is -0.312 e. The van der Waals surface area contributed by atoms with Crippen molar-refractivity contribution in [2.24, 2.45) is 11.8 Å². The Labute approximate surface area is 75.9 Å². The Morgan fingerprint density at radius 2 is 1.58 bits per heavy atom.